The first kappa shape index (κ1) is 13.5. The highest BCUT2D eigenvalue weighted by Crippen LogP contribution is 2.52. The van der Waals surface area contributed by atoms with Gasteiger partial charge in [0.2, 0.25) is 5.91 Å². The van der Waals surface area contributed by atoms with Gasteiger partial charge in [0.05, 0.1) is 25.2 Å². The van der Waals surface area contributed by atoms with Crippen LogP contribution in [0.2, 0.25) is 0 Å². The number of hydrogen-bond donors (Lipinski definition) is 0. The molecule has 4 atom stereocenters. The fraction of sp³-hybridized carbons (Fsp3) is 0.412. The molecule has 0 aliphatic carbocycles. The van der Waals surface area contributed by atoms with Crippen LogP contribution in [0.25, 0.3) is 0 Å². The molecule has 1 aromatic carbocycles. The van der Waals surface area contributed by atoms with Crippen molar-refractivity contribution < 1.29 is 19.1 Å². The lowest BCUT2D eigenvalue weighted by Gasteiger charge is -2.22. The van der Waals surface area contributed by atoms with Crippen molar-refractivity contribution in [1.29, 1.82) is 0 Å². The summed E-state index contributed by atoms with van der Waals surface area (Å²) in [6, 6.07) is 9.49. The Balaban J connectivity index is 1.69. The molecule has 22 heavy (non-hydrogen) atoms. The van der Waals surface area contributed by atoms with E-state index >= 15 is 0 Å². The van der Waals surface area contributed by atoms with Crippen LogP contribution in [0.3, 0.4) is 0 Å². The molecule has 1 aromatic rings. The van der Waals surface area contributed by atoms with Crippen molar-refractivity contribution in [2.24, 2.45) is 11.8 Å². The Hall–Kier alpha value is -2.14. The van der Waals surface area contributed by atoms with Gasteiger partial charge in [-0.05, 0) is 19.1 Å². The van der Waals surface area contributed by atoms with Crippen LogP contribution in [-0.2, 0) is 19.1 Å². The second-order valence-electron chi connectivity index (χ2n) is 5.91. The summed E-state index contributed by atoms with van der Waals surface area (Å²) in [5.41, 5.74) is 0.147. The van der Waals surface area contributed by atoms with Crippen LogP contribution in [-0.4, -0.2) is 36.7 Å². The fourth-order valence-corrected chi connectivity index (χ4v) is 3.83. The number of ether oxygens (including phenoxy) is 2. The molecule has 0 aromatic heterocycles. The summed E-state index contributed by atoms with van der Waals surface area (Å²) in [6.45, 7) is 2.52. The third-order valence-corrected chi connectivity index (χ3v) is 4.73. The van der Waals surface area contributed by atoms with Crippen molar-refractivity contribution in [3.8, 4) is 0 Å². The van der Waals surface area contributed by atoms with E-state index < -0.39 is 17.4 Å². The molecule has 5 heteroatoms. The molecule has 0 N–H and O–H groups in total. The van der Waals surface area contributed by atoms with Crippen LogP contribution in [0.1, 0.15) is 6.92 Å². The predicted octanol–water partition coefficient (Wildman–Crippen LogP) is 1.54. The lowest BCUT2D eigenvalue weighted by molar-refractivity contribution is -0.151. The Morgan fingerprint density at radius 2 is 2.18 bits per heavy atom. The lowest BCUT2D eigenvalue weighted by atomic mass is 9.77. The average Bonchev–Trinajstić information content (AvgIpc) is 3.17. The highest BCUT2D eigenvalue weighted by molar-refractivity contribution is 6.02. The maximum atomic E-state index is 12.9. The van der Waals surface area contributed by atoms with E-state index in [2.05, 4.69) is 0 Å². The number of amides is 1. The van der Waals surface area contributed by atoms with Gasteiger partial charge in [-0.15, -0.1) is 0 Å². The van der Waals surface area contributed by atoms with Crippen molar-refractivity contribution in [3.63, 3.8) is 0 Å². The SMILES string of the molecule is CCOC(=O)[C@H]1[C@H]2C=CC3(CN(c4ccccc4)C(=O)[C@@H]13)O2. The molecule has 1 amide bonds. The van der Waals surface area contributed by atoms with Crippen molar-refractivity contribution in [2.45, 2.75) is 18.6 Å². The minimum Gasteiger partial charge on any atom is -0.466 e. The number of hydrogen-bond acceptors (Lipinski definition) is 4. The Kier molecular flexibility index (Phi) is 2.87. The normalized spacial score (nSPS) is 35.0. The Morgan fingerprint density at radius 1 is 1.41 bits per heavy atom. The third-order valence-electron chi connectivity index (χ3n) is 4.73. The number of nitrogens with zero attached hydrogens (tertiary/aromatic N) is 1. The van der Waals surface area contributed by atoms with Gasteiger partial charge < -0.3 is 14.4 Å². The van der Waals surface area contributed by atoms with Gasteiger partial charge in [0, 0.05) is 5.69 Å². The molecule has 114 valence electrons. The smallest absolute Gasteiger partial charge is 0.312 e. The van der Waals surface area contributed by atoms with Crippen LogP contribution in [0, 0.1) is 11.8 Å². The summed E-state index contributed by atoms with van der Waals surface area (Å²) >= 11 is 0. The van der Waals surface area contributed by atoms with Gasteiger partial charge in [-0.3, -0.25) is 9.59 Å². The van der Waals surface area contributed by atoms with E-state index in [1.165, 1.54) is 0 Å². The maximum absolute atomic E-state index is 12.9. The standard InChI is InChI=1S/C17H17NO4/c1-2-21-16(20)13-12-8-9-17(22-12)10-18(15(19)14(13)17)11-6-4-3-5-7-11/h3-9,12-14H,2,10H2,1H3/t12-,13+,14-,17?/m1/s1. The largest absolute Gasteiger partial charge is 0.466 e. The number of fused-ring (bicyclic) bond motifs is 1. The molecule has 0 saturated carbocycles. The van der Waals surface area contributed by atoms with E-state index in [1.807, 2.05) is 42.5 Å². The van der Waals surface area contributed by atoms with E-state index in [4.69, 9.17) is 9.47 Å². The second kappa shape index (κ2) is 4.68. The van der Waals surface area contributed by atoms with Crippen molar-refractivity contribution >= 4 is 17.6 Å². The van der Waals surface area contributed by atoms with Gasteiger partial charge in [0.25, 0.3) is 0 Å². The topological polar surface area (TPSA) is 55.8 Å². The predicted molar refractivity (Wildman–Crippen MR) is 79.2 cm³/mol. The summed E-state index contributed by atoms with van der Waals surface area (Å²) in [5.74, 6) is -1.42. The second-order valence-corrected chi connectivity index (χ2v) is 5.91. The van der Waals surface area contributed by atoms with Crippen molar-refractivity contribution in [1.82, 2.24) is 0 Å². The van der Waals surface area contributed by atoms with Gasteiger partial charge in [0.1, 0.15) is 11.5 Å². The van der Waals surface area contributed by atoms with Crippen LogP contribution in [0.5, 0.6) is 0 Å². The highest BCUT2D eigenvalue weighted by Gasteiger charge is 2.67. The van der Waals surface area contributed by atoms with Gasteiger partial charge in [0.15, 0.2) is 0 Å². The van der Waals surface area contributed by atoms with Gasteiger partial charge in [-0.1, -0.05) is 30.4 Å². The molecular formula is C17H17NO4. The minimum atomic E-state index is -0.685. The van der Waals surface area contributed by atoms with Crippen LogP contribution in [0.15, 0.2) is 42.5 Å². The van der Waals surface area contributed by atoms with Crippen LogP contribution < -0.4 is 4.90 Å². The zero-order valence-electron chi connectivity index (χ0n) is 12.3. The minimum absolute atomic E-state index is 0.0592. The summed E-state index contributed by atoms with van der Waals surface area (Å²) in [6.07, 6.45) is 3.49. The molecule has 0 radical (unpaired) electrons. The van der Waals surface area contributed by atoms with E-state index in [0.29, 0.717) is 13.2 Å². The van der Waals surface area contributed by atoms with Crippen molar-refractivity contribution in [3.05, 3.63) is 42.5 Å². The monoisotopic (exact) mass is 299 g/mol. The molecule has 3 heterocycles. The number of carbonyl (C=O) groups is 2. The molecule has 4 rings (SSSR count). The number of rotatable bonds is 3. The molecule has 2 saturated heterocycles. The molecule has 2 bridgehead atoms. The maximum Gasteiger partial charge on any atom is 0.312 e. The summed E-state index contributed by atoms with van der Waals surface area (Å²) in [7, 11) is 0. The molecule has 1 unspecified atom stereocenters. The summed E-state index contributed by atoms with van der Waals surface area (Å²) in [5, 5.41) is 0. The van der Waals surface area contributed by atoms with Gasteiger partial charge >= 0.3 is 5.97 Å². The number of anilines is 1. The number of benzene rings is 1. The Morgan fingerprint density at radius 3 is 2.91 bits per heavy atom. The third kappa shape index (κ3) is 1.69. The molecule has 3 aliphatic rings. The first-order valence-electron chi connectivity index (χ1n) is 7.56. The van der Waals surface area contributed by atoms with Crippen LogP contribution >= 0.6 is 0 Å². The Labute approximate surface area is 128 Å². The highest BCUT2D eigenvalue weighted by atomic mass is 16.6. The number of esters is 1. The molecular weight excluding hydrogens is 282 g/mol. The Bertz CT molecular complexity index is 656. The summed E-state index contributed by atoms with van der Waals surface area (Å²) in [4.78, 5) is 26.9. The van der Waals surface area contributed by atoms with E-state index in [-0.39, 0.29) is 18.0 Å². The molecule has 5 nitrogen and oxygen atoms in total. The van der Waals surface area contributed by atoms with Gasteiger partial charge in [-0.25, -0.2) is 0 Å². The van der Waals surface area contributed by atoms with Crippen molar-refractivity contribution in [2.75, 3.05) is 18.1 Å². The first-order valence-corrected chi connectivity index (χ1v) is 7.56. The molecule has 3 aliphatic heterocycles. The van der Waals surface area contributed by atoms with E-state index in [1.54, 1.807) is 11.8 Å². The number of para-hydroxylation sites is 1. The average molecular weight is 299 g/mol. The van der Waals surface area contributed by atoms with Gasteiger partial charge in [-0.2, -0.15) is 0 Å². The quantitative estimate of drug-likeness (QED) is 0.627. The van der Waals surface area contributed by atoms with Crippen LogP contribution in [0.4, 0.5) is 5.69 Å². The molecule has 1 spiro atoms. The van der Waals surface area contributed by atoms with E-state index in [0.717, 1.165) is 5.69 Å². The zero-order valence-corrected chi connectivity index (χ0v) is 12.3. The van der Waals surface area contributed by atoms with E-state index in [9.17, 15) is 9.59 Å². The fourth-order valence-electron chi connectivity index (χ4n) is 3.83. The lowest BCUT2D eigenvalue weighted by Crippen LogP contribution is -2.40. The molecule has 2 fully saturated rings. The summed E-state index contributed by atoms with van der Waals surface area (Å²) < 4.78 is 11.2. The number of carbonyl (C=O) groups excluding carboxylic acids is 2. The first-order chi connectivity index (χ1) is 10.7. The zero-order chi connectivity index (χ0) is 15.3.